The lowest BCUT2D eigenvalue weighted by Gasteiger charge is -2.41. The highest BCUT2D eigenvalue weighted by Crippen LogP contribution is 2.26. The molecule has 362 valence electrons. The highest BCUT2D eigenvalue weighted by Gasteiger charge is 2.48. The van der Waals surface area contributed by atoms with Gasteiger partial charge in [0.2, 0.25) is 0 Å². The summed E-state index contributed by atoms with van der Waals surface area (Å²) in [6.07, 6.45) is 40.0. The van der Waals surface area contributed by atoms with Gasteiger partial charge in [-0.25, -0.2) is 4.18 Å². The van der Waals surface area contributed by atoms with Gasteiger partial charge in [0.15, 0.2) is 6.29 Å². The molecule has 0 saturated carbocycles. The highest BCUT2D eigenvalue weighted by molar-refractivity contribution is 7.80. The van der Waals surface area contributed by atoms with Gasteiger partial charge in [-0.1, -0.05) is 165 Å². The number of hydrogen-bond acceptors (Lipinski definition) is 11. The SMILES string of the molecule is CC/C=C\C/C=C\C/C=C\CCCCCCCCOCC(COC1OC(CO)C(O)C(OS(=O)(=O)O)C1O)OC(=O)CCCCCCCCCCC/C=C\CCCCCCCC. The van der Waals surface area contributed by atoms with E-state index in [1.165, 1.54) is 96.3 Å². The van der Waals surface area contributed by atoms with Crippen molar-refractivity contribution in [2.75, 3.05) is 26.4 Å². The van der Waals surface area contributed by atoms with Crippen molar-refractivity contribution >= 4 is 16.4 Å². The molecule has 13 heteroatoms. The molecule has 1 saturated heterocycles. The van der Waals surface area contributed by atoms with E-state index in [0.717, 1.165) is 70.6 Å². The summed E-state index contributed by atoms with van der Waals surface area (Å²) < 4.78 is 59.1. The van der Waals surface area contributed by atoms with Gasteiger partial charge in [0.25, 0.3) is 0 Å². The van der Waals surface area contributed by atoms with Crippen LogP contribution in [0.15, 0.2) is 48.6 Å². The summed E-state index contributed by atoms with van der Waals surface area (Å²) in [6.45, 7) is 3.85. The van der Waals surface area contributed by atoms with Crippen LogP contribution in [-0.2, 0) is 38.3 Å². The quantitative estimate of drug-likeness (QED) is 0.0198. The maximum absolute atomic E-state index is 12.9. The number of rotatable bonds is 42. The van der Waals surface area contributed by atoms with Crippen molar-refractivity contribution in [2.45, 2.75) is 230 Å². The smallest absolute Gasteiger partial charge is 0.397 e. The fourth-order valence-corrected chi connectivity index (χ4v) is 7.78. The zero-order valence-corrected chi connectivity index (χ0v) is 39.5. The summed E-state index contributed by atoms with van der Waals surface area (Å²) in [7, 11) is -5.07. The van der Waals surface area contributed by atoms with Gasteiger partial charge in [0.1, 0.15) is 30.5 Å². The molecule has 0 aromatic carbocycles. The van der Waals surface area contributed by atoms with Crippen LogP contribution < -0.4 is 0 Å². The zero-order valence-electron chi connectivity index (χ0n) is 38.7. The topological polar surface area (TPSA) is 178 Å². The number of allylic oxidation sites excluding steroid dienone is 8. The van der Waals surface area contributed by atoms with E-state index in [1.54, 1.807) is 0 Å². The van der Waals surface area contributed by atoms with Gasteiger partial charge in [0, 0.05) is 13.0 Å². The molecule has 62 heavy (non-hydrogen) atoms. The summed E-state index contributed by atoms with van der Waals surface area (Å²) >= 11 is 0. The molecule has 1 fully saturated rings. The van der Waals surface area contributed by atoms with E-state index >= 15 is 0 Å². The minimum atomic E-state index is -5.07. The summed E-state index contributed by atoms with van der Waals surface area (Å²) in [5, 5.41) is 30.7. The Morgan fingerprint density at radius 2 is 1.11 bits per heavy atom. The average molecular weight is 901 g/mol. The van der Waals surface area contributed by atoms with E-state index in [9.17, 15) is 33.1 Å². The van der Waals surface area contributed by atoms with Gasteiger partial charge >= 0.3 is 16.4 Å². The van der Waals surface area contributed by atoms with E-state index in [0.29, 0.717) is 13.0 Å². The molecule has 6 unspecified atom stereocenters. The lowest BCUT2D eigenvalue weighted by Crippen LogP contribution is -2.60. The second-order valence-corrected chi connectivity index (χ2v) is 17.7. The van der Waals surface area contributed by atoms with Crippen molar-refractivity contribution in [3.63, 3.8) is 0 Å². The van der Waals surface area contributed by atoms with Crippen LogP contribution in [0.2, 0.25) is 0 Å². The number of aliphatic hydroxyl groups excluding tert-OH is 3. The number of aliphatic hydroxyl groups is 3. The van der Waals surface area contributed by atoms with Gasteiger partial charge in [-0.3, -0.25) is 9.35 Å². The third-order valence-electron chi connectivity index (χ3n) is 10.9. The van der Waals surface area contributed by atoms with Crippen LogP contribution in [0.4, 0.5) is 0 Å². The summed E-state index contributed by atoms with van der Waals surface area (Å²) in [4.78, 5) is 12.9. The summed E-state index contributed by atoms with van der Waals surface area (Å²) in [5.41, 5.74) is 0. The van der Waals surface area contributed by atoms with E-state index in [-0.39, 0.29) is 19.6 Å². The monoisotopic (exact) mass is 901 g/mol. The first-order valence-electron chi connectivity index (χ1n) is 24.4. The number of esters is 1. The first-order chi connectivity index (χ1) is 30.1. The summed E-state index contributed by atoms with van der Waals surface area (Å²) in [5.74, 6) is -0.407. The number of carbonyl (C=O) groups is 1. The fourth-order valence-electron chi connectivity index (χ4n) is 7.27. The van der Waals surface area contributed by atoms with Crippen LogP contribution in [0.25, 0.3) is 0 Å². The predicted molar refractivity (Wildman–Crippen MR) is 248 cm³/mol. The largest absolute Gasteiger partial charge is 0.457 e. The molecule has 0 aliphatic carbocycles. The molecule has 0 radical (unpaired) electrons. The van der Waals surface area contributed by atoms with Crippen molar-refractivity contribution in [1.29, 1.82) is 0 Å². The molecular weight excluding hydrogens is 813 g/mol. The number of unbranched alkanes of at least 4 members (excludes halogenated alkanes) is 21. The van der Waals surface area contributed by atoms with Crippen LogP contribution in [-0.4, -0.2) is 97.5 Å². The Bertz CT molecular complexity index is 1270. The standard InChI is InChI=1S/C49H88O12S/c1-3-5-7-9-11-13-15-17-19-21-22-23-24-26-28-30-32-34-36-38-45(51)59-43(42-58-49-47(53)48(61-62(54,55)56)46(52)44(40-50)60-49)41-57-39-37-35-33-31-29-27-25-20-18-16-14-12-10-8-6-4-2/h6,8,12,14,17-20,43-44,46-50,52-53H,3-5,7,9-11,13,15-16,21-42H2,1-2H3,(H,54,55,56)/b8-6-,14-12-,19-17-,20-18-. The van der Waals surface area contributed by atoms with Crippen molar-refractivity contribution in [2.24, 2.45) is 0 Å². The van der Waals surface area contributed by atoms with Crippen LogP contribution in [0, 0.1) is 0 Å². The molecule has 1 aliphatic heterocycles. The fraction of sp³-hybridized carbons (Fsp3) is 0.816. The van der Waals surface area contributed by atoms with Gasteiger partial charge in [-0.2, -0.15) is 8.42 Å². The third-order valence-corrected chi connectivity index (χ3v) is 11.4. The van der Waals surface area contributed by atoms with Crippen LogP contribution in [0.3, 0.4) is 0 Å². The first-order valence-corrected chi connectivity index (χ1v) is 25.8. The maximum atomic E-state index is 12.9. The molecule has 0 bridgehead atoms. The molecule has 0 aromatic rings. The van der Waals surface area contributed by atoms with Crippen LogP contribution in [0.5, 0.6) is 0 Å². The highest BCUT2D eigenvalue weighted by atomic mass is 32.3. The molecule has 0 aromatic heterocycles. The van der Waals surface area contributed by atoms with Gasteiger partial charge in [-0.05, 0) is 70.6 Å². The minimum Gasteiger partial charge on any atom is -0.457 e. The molecule has 12 nitrogen and oxygen atoms in total. The Kier molecular flexibility index (Phi) is 38.0. The molecular formula is C49H88O12S. The minimum absolute atomic E-state index is 0.0258. The molecule has 4 N–H and O–H groups in total. The van der Waals surface area contributed by atoms with Crippen LogP contribution >= 0.6 is 0 Å². The lowest BCUT2D eigenvalue weighted by molar-refractivity contribution is -0.301. The Labute approximate surface area is 376 Å². The molecule has 1 rings (SSSR count). The van der Waals surface area contributed by atoms with Crippen LogP contribution in [0.1, 0.15) is 194 Å². The Hall–Kier alpha value is -1.94. The molecule has 6 atom stereocenters. The number of carbonyl (C=O) groups excluding carboxylic acids is 1. The van der Waals surface area contributed by atoms with E-state index in [1.807, 2.05) is 0 Å². The number of ether oxygens (including phenoxy) is 4. The normalized spacial score (nSPS) is 20.4. The Morgan fingerprint density at radius 1 is 0.629 bits per heavy atom. The van der Waals surface area contributed by atoms with E-state index in [2.05, 4.69) is 66.6 Å². The Morgan fingerprint density at radius 3 is 1.65 bits per heavy atom. The van der Waals surface area contributed by atoms with Gasteiger partial charge in [-0.15, -0.1) is 0 Å². The lowest BCUT2D eigenvalue weighted by atomic mass is 9.99. The van der Waals surface area contributed by atoms with E-state index in [4.69, 9.17) is 18.9 Å². The second-order valence-electron chi connectivity index (χ2n) is 16.7. The molecule has 0 spiro atoms. The maximum Gasteiger partial charge on any atom is 0.397 e. The average Bonchev–Trinajstić information content (AvgIpc) is 3.24. The van der Waals surface area contributed by atoms with Crippen molar-refractivity contribution < 1.29 is 56.2 Å². The molecule has 1 heterocycles. The van der Waals surface area contributed by atoms with Crippen molar-refractivity contribution in [3.8, 4) is 0 Å². The zero-order chi connectivity index (χ0) is 45.4. The van der Waals surface area contributed by atoms with Crippen molar-refractivity contribution in [1.82, 2.24) is 0 Å². The van der Waals surface area contributed by atoms with Crippen molar-refractivity contribution in [3.05, 3.63) is 48.6 Å². The van der Waals surface area contributed by atoms with Gasteiger partial charge < -0.3 is 34.3 Å². The summed E-state index contributed by atoms with van der Waals surface area (Å²) in [6, 6.07) is 0. The molecule has 0 amide bonds. The molecule has 1 aliphatic rings. The number of hydrogen-bond donors (Lipinski definition) is 4. The first kappa shape index (κ1) is 58.1. The van der Waals surface area contributed by atoms with Gasteiger partial charge in [0.05, 0.1) is 19.8 Å². The second kappa shape index (κ2) is 40.6. The Balaban J connectivity index is 2.39. The van der Waals surface area contributed by atoms with E-state index < -0.39 is 59.8 Å². The third kappa shape index (κ3) is 33.6. The predicted octanol–water partition coefficient (Wildman–Crippen LogP) is 10.7.